The van der Waals surface area contributed by atoms with Crippen molar-refractivity contribution in [3.63, 3.8) is 0 Å². The highest BCUT2D eigenvalue weighted by Gasteiger charge is 2.44. The van der Waals surface area contributed by atoms with Gasteiger partial charge in [-0.2, -0.15) is 0 Å². The van der Waals surface area contributed by atoms with Crippen LogP contribution in [0.2, 0.25) is 0 Å². The van der Waals surface area contributed by atoms with Gasteiger partial charge in [-0.15, -0.1) is 0 Å². The molecule has 1 aliphatic heterocycles. The molecule has 0 aliphatic carbocycles. The van der Waals surface area contributed by atoms with Gasteiger partial charge in [0, 0.05) is 0 Å². The van der Waals surface area contributed by atoms with Crippen LogP contribution in [-0.2, 0) is 11.2 Å². The molecule has 0 saturated carbocycles. The van der Waals surface area contributed by atoms with Crippen molar-refractivity contribution in [2.75, 3.05) is 6.61 Å². The van der Waals surface area contributed by atoms with Crippen molar-refractivity contribution in [2.24, 2.45) is 0 Å². The Morgan fingerprint density at radius 3 is 2.29 bits per heavy atom. The lowest BCUT2D eigenvalue weighted by Crippen LogP contribution is -2.60. The molecule has 21 heavy (non-hydrogen) atoms. The molecule has 5 atom stereocenters. The van der Waals surface area contributed by atoms with E-state index in [9.17, 15) is 15.3 Å². The molecule has 0 amide bonds. The monoisotopic (exact) mass is 298 g/mol. The predicted octanol–water partition coefficient (Wildman–Crippen LogP) is -0.182. The topological polar surface area (TPSA) is 99.4 Å². The standard InChI is InChI=1S/C15H22O6/c1-2-3-9-4-6-10(7-5-9)20-15-14(19)13(18)12(17)11(8-16)21-15/h4-7,11-19H,2-3,8H2,1H3/t11-,12-,13+,14-,15-/m1/s1. The Hall–Kier alpha value is -1.18. The highest BCUT2D eigenvalue weighted by atomic mass is 16.7. The van der Waals surface area contributed by atoms with Gasteiger partial charge >= 0.3 is 0 Å². The van der Waals surface area contributed by atoms with Crippen molar-refractivity contribution in [2.45, 2.75) is 50.5 Å². The summed E-state index contributed by atoms with van der Waals surface area (Å²) in [6.45, 7) is 1.62. The average Bonchev–Trinajstić information content (AvgIpc) is 2.50. The summed E-state index contributed by atoms with van der Waals surface area (Å²) in [7, 11) is 0. The van der Waals surface area contributed by atoms with Crippen LogP contribution in [0.25, 0.3) is 0 Å². The van der Waals surface area contributed by atoms with Crippen LogP contribution in [0.15, 0.2) is 24.3 Å². The molecule has 6 nitrogen and oxygen atoms in total. The van der Waals surface area contributed by atoms with Gasteiger partial charge < -0.3 is 29.9 Å². The molecule has 0 radical (unpaired) electrons. The van der Waals surface area contributed by atoms with Gasteiger partial charge in [0.15, 0.2) is 0 Å². The molecule has 118 valence electrons. The number of aliphatic hydroxyl groups excluding tert-OH is 4. The number of aliphatic hydroxyl groups is 4. The van der Waals surface area contributed by atoms with Crippen LogP contribution in [-0.4, -0.2) is 57.7 Å². The maximum atomic E-state index is 9.88. The molecular weight excluding hydrogens is 276 g/mol. The molecule has 6 heteroatoms. The van der Waals surface area contributed by atoms with Crippen LogP contribution in [0.5, 0.6) is 5.75 Å². The summed E-state index contributed by atoms with van der Waals surface area (Å²) < 4.78 is 10.8. The van der Waals surface area contributed by atoms with Gasteiger partial charge in [0.1, 0.15) is 30.2 Å². The normalized spacial score (nSPS) is 32.9. The van der Waals surface area contributed by atoms with Crippen LogP contribution in [0.4, 0.5) is 0 Å². The summed E-state index contributed by atoms with van der Waals surface area (Å²) in [6.07, 6.45) is -4.28. The molecule has 0 unspecified atom stereocenters. The third kappa shape index (κ3) is 3.72. The first kappa shape index (κ1) is 16.2. The van der Waals surface area contributed by atoms with Crippen LogP contribution in [0, 0.1) is 0 Å². The first-order valence-corrected chi connectivity index (χ1v) is 7.13. The van der Waals surface area contributed by atoms with Crippen LogP contribution < -0.4 is 4.74 Å². The molecule has 1 aromatic rings. The summed E-state index contributed by atoms with van der Waals surface area (Å²) in [5.41, 5.74) is 1.18. The molecule has 0 bridgehead atoms. The molecule has 2 rings (SSSR count). The Morgan fingerprint density at radius 2 is 1.71 bits per heavy atom. The van der Waals surface area contributed by atoms with Gasteiger partial charge in [-0.05, 0) is 24.1 Å². The lowest BCUT2D eigenvalue weighted by Gasteiger charge is -2.39. The van der Waals surface area contributed by atoms with Gasteiger partial charge in [0.05, 0.1) is 6.61 Å². The Kier molecular flexibility index (Phi) is 5.55. The first-order chi connectivity index (χ1) is 10.1. The van der Waals surface area contributed by atoms with Crippen molar-refractivity contribution in [3.8, 4) is 5.75 Å². The fourth-order valence-corrected chi connectivity index (χ4v) is 2.32. The quantitative estimate of drug-likeness (QED) is 0.602. The van der Waals surface area contributed by atoms with Gasteiger partial charge in [0.25, 0.3) is 0 Å². The Balaban J connectivity index is 2.03. The summed E-state index contributed by atoms with van der Waals surface area (Å²) >= 11 is 0. The molecule has 1 aromatic carbocycles. The minimum absolute atomic E-state index is 0.472. The molecular formula is C15H22O6. The van der Waals surface area contributed by atoms with E-state index in [0.717, 1.165) is 12.8 Å². The number of ether oxygens (including phenoxy) is 2. The summed E-state index contributed by atoms with van der Waals surface area (Å²) in [5.74, 6) is 0.485. The Bertz CT molecular complexity index is 432. The van der Waals surface area contributed by atoms with Gasteiger partial charge in [0.2, 0.25) is 6.29 Å². The fourth-order valence-electron chi connectivity index (χ4n) is 2.32. The second-order valence-electron chi connectivity index (χ2n) is 5.21. The molecule has 1 fully saturated rings. The zero-order valence-corrected chi connectivity index (χ0v) is 11.9. The van der Waals surface area contributed by atoms with E-state index in [2.05, 4.69) is 6.92 Å². The van der Waals surface area contributed by atoms with E-state index >= 15 is 0 Å². The Labute approximate surface area is 123 Å². The molecule has 0 spiro atoms. The van der Waals surface area contributed by atoms with Crippen molar-refractivity contribution >= 4 is 0 Å². The number of hydrogen-bond donors (Lipinski definition) is 4. The molecule has 1 aliphatic rings. The number of aryl methyl sites for hydroxylation is 1. The van der Waals surface area contributed by atoms with Crippen LogP contribution in [0.3, 0.4) is 0 Å². The zero-order chi connectivity index (χ0) is 15.4. The molecule has 4 N–H and O–H groups in total. The summed E-state index contributed by atoms with van der Waals surface area (Å²) in [6, 6.07) is 7.35. The van der Waals surface area contributed by atoms with Crippen molar-refractivity contribution in [1.29, 1.82) is 0 Å². The van der Waals surface area contributed by atoms with E-state index in [0.29, 0.717) is 5.75 Å². The van der Waals surface area contributed by atoms with Crippen LogP contribution >= 0.6 is 0 Å². The number of benzene rings is 1. The molecule has 1 saturated heterocycles. The van der Waals surface area contributed by atoms with E-state index < -0.39 is 37.3 Å². The summed E-state index contributed by atoms with van der Waals surface area (Å²) in [4.78, 5) is 0. The zero-order valence-electron chi connectivity index (χ0n) is 11.9. The fraction of sp³-hybridized carbons (Fsp3) is 0.600. The minimum atomic E-state index is -1.43. The largest absolute Gasteiger partial charge is 0.462 e. The smallest absolute Gasteiger partial charge is 0.229 e. The molecule has 0 aromatic heterocycles. The maximum absolute atomic E-state index is 9.88. The lowest BCUT2D eigenvalue weighted by molar-refractivity contribution is -0.277. The third-order valence-electron chi connectivity index (χ3n) is 3.56. The first-order valence-electron chi connectivity index (χ1n) is 7.13. The summed E-state index contributed by atoms with van der Waals surface area (Å²) in [5, 5.41) is 38.4. The van der Waals surface area contributed by atoms with E-state index in [-0.39, 0.29) is 0 Å². The van der Waals surface area contributed by atoms with E-state index in [1.54, 1.807) is 12.1 Å². The second-order valence-corrected chi connectivity index (χ2v) is 5.21. The minimum Gasteiger partial charge on any atom is -0.462 e. The van der Waals surface area contributed by atoms with Crippen molar-refractivity contribution in [3.05, 3.63) is 29.8 Å². The van der Waals surface area contributed by atoms with E-state index in [4.69, 9.17) is 14.6 Å². The SMILES string of the molecule is CCCc1ccc(O[C@@H]2O[C@H](CO)[C@@H](O)[C@H](O)[C@H]2O)cc1. The van der Waals surface area contributed by atoms with Crippen molar-refractivity contribution < 1.29 is 29.9 Å². The highest BCUT2D eigenvalue weighted by molar-refractivity contribution is 5.27. The number of rotatable bonds is 5. The van der Waals surface area contributed by atoms with E-state index in [1.165, 1.54) is 5.56 Å². The Morgan fingerprint density at radius 1 is 1.05 bits per heavy atom. The van der Waals surface area contributed by atoms with Gasteiger partial charge in [-0.3, -0.25) is 0 Å². The predicted molar refractivity (Wildman–Crippen MR) is 74.8 cm³/mol. The van der Waals surface area contributed by atoms with Crippen molar-refractivity contribution in [1.82, 2.24) is 0 Å². The van der Waals surface area contributed by atoms with Crippen LogP contribution in [0.1, 0.15) is 18.9 Å². The second kappa shape index (κ2) is 7.20. The maximum Gasteiger partial charge on any atom is 0.229 e. The van der Waals surface area contributed by atoms with Gasteiger partial charge in [-0.25, -0.2) is 0 Å². The molecule has 1 heterocycles. The lowest BCUT2D eigenvalue weighted by atomic mass is 9.99. The van der Waals surface area contributed by atoms with Gasteiger partial charge in [-0.1, -0.05) is 25.5 Å². The highest BCUT2D eigenvalue weighted by Crippen LogP contribution is 2.24. The third-order valence-corrected chi connectivity index (χ3v) is 3.56. The number of hydrogen-bond acceptors (Lipinski definition) is 6. The average molecular weight is 298 g/mol. The van der Waals surface area contributed by atoms with E-state index in [1.807, 2.05) is 12.1 Å².